The summed E-state index contributed by atoms with van der Waals surface area (Å²) in [5.74, 6) is -3.40. The molecule has 0 aromatic heterocycles. The molecule has 0 atom stereocenters. The van der Waals surface area contributed by atoms with E-state index in [0.29, 0.717) is 5.75 Å². The van der Waals surface area contributed by atoms with Gasteiger partial charge in [-0.05, 0) is 48.5 Å². The maximum Gasteiger partial charge on any atom is 0.343 e. The monoisotopic (exact) mass is 342 g/mol. The molecule has 0 saturated heterocycles. The summed E-state index contributed by atoms with van der Waals surface area (Å²) in [5.41, 5.74) is 0.0361. The lowest BCUT2D eigenvalue weighted by atomic mass is 10.2. The van der Waals surface area contributed by atoms with Gasteiger partial charge in [0.1, 0.15) is 11.5 Å². The Kier molecular flexibility index (Phi) is 4.95. The number of carbonyl (C=O) groups excluding carboxylic acids is 1. The summed E-state index contributed by atoms with van der Waals surface area (Å²) in [6.07, 6.45) is 0. The number of hydrogen-bond acceptors (Lipinski definition) is 5. The van der Waals surface area contributed by atoms with E-state index in [4.69, 9.17) is 9.47 Å². The normalized spacial score (nSPS) is 11.3. The molecular formula is C15H12F2O5S. The molecule has 5 nitrogen and oxygen atoms in total. The molecule has 0 unspecified atom stereocenters. The van der Waals surface area contributed by atoms with Crippen LogP contribution < -0.4 is 9.47 Å². The van der Waals surface area contributed by atoms with Crippen molar-refractivity contribution in [2.45, 2.75) is 10.7 Å². The first-order chi connectivity index (χ1) is 10.8. The number of methoxy groups -OCH3 is 1. The first kappa shape index (κ1) is 16.9. The highest BCUT2D eigenvalue weighted by atomic mass is 32.2. The third-order valence-corrected chi connectivity index (χ3v) is 4.32. The molecule has 0 aliphatic heterocycles. The van der Waals surface area contributed by atoms with Gasteiger partial charge >= 0.3 is 11.7 Å². The highest BCUT2D eigenvalue weighted by Crippen LogP contribution is 2.21. The fourth-order valence-electron chi connectivity index (χ4n) is 1.69. The van der Waals surface area contributed by atoms with Gasteiger partial charge in [-0.2, -0.15) is 8.78 Å². The average molecular weight is 342 g/mol. The summed E-state index contributed by atoms with van der Waals surface area (Å²) in [7, 11) is -3.19. The van der Waals surface area contributed by atoms with Crippen molar-refractivity contribution in [1.29, 1.82) is 0 Å². The molecule has 23 heavy (non-hydrogen) atoms. The first-order valence-corrected chi connectivity index (χ1v) is 7.87. The predicted octanol–water partition coefficient (Wildman–Crippen LogP) is 2.91. The van der Waals surface area contributed by atoms with Crippen molar-refractivity contribution in [3.05, 3.63) is 54.1 Å². The molecule has 0 heterocycles. The van der Waals surface area contributed by atoms with E-state index in [0.717, 1.165) is 24.3 Å². The quantitative estimate of drug-likeness (QED) is 0.617. The van der Waals surface area contributed by atoms with Crippen molar-refractivity contribution >= 4 is 15.8 Å². The molecule has 122 valence electrons. The first-order valence-electron chi connectivity index (χ1n) is 6.33. The number of ether oxygens (including phenoxy) is 2. The second kappa shape index (κ2) is 6.74. The van der Waals surface area contributed by atoms with Crippen molar-refractivity contribution in [2.75, 3.05) is 7.11 Å². The minimum absolute atomic E-state index is 0.0361. The van der Waals surface area contributed by atoms with Gasteiger partial charge in [0.2, 0.25) is 9.84 Å². The molecule has 0 radical (unpaired) electrons. The fraction of sp³-hybridized carbons (Fsp3) is 0.133. The van der Waals surface area contributed by atoms with E-state index in [2.05, 4.69) is 0 Å². The predicted molar refractivity (Wildman–Crippen MR) is 77.6 cm³/mol. The SMILES string of the molecule is COc1ccc(OC(=O)c2ccc(S(=O)(=O)C(F)F)cc2)cc1. The number of benzene rings is 2. The number of halogens is 2. The molecule has 0 aliphatic carbocycles. The van der Waals surface area contributed by atoms with Crippen LogP contribution in [0.2, 0.25) is 0 Å². The largest absolute Gasteiger partial charge is 0.497 e. The average Bonchev–Trinajstić information content (AvgIpc) is 2.55. The van der Waals surface area contributed by atoms with Crippen molar-refractivity contribution in [3.8, 4) is 11.5 Å². The smallest absolute Gasteiger partial charge is 0.343 e. The van der Waals surface area contributed by atoms with Gasteiger partial charge in [-0.3, -0.25) is 0 Å². The van der Waals surface area contributed by atoms with Crippen LogP contribution in [-0.4, -0.2) is 27.3 Å². The number of esters is 1. The lowest BCUT2D eigenvalue weighted by Gasteiger charge is -2.07. The van der Waals surface area contributed by atoms with Gasteiger partial charge in [0.25, 0.3) is 0 Å². The minimum Gasteiger partial charge on any atom is -0.497 e. The van der Waals surface area contributed by atoms with E-state index in [1.54, 1.807) is 12.1 Å². The zero-order valence-corrected chi connectivity index (χ0v) is 12.7. The summed E-state index contributed by atoms with van der Waals surface area (Å²) >= 11 is 0. The van der Waals surface area contributed by atoms with Crippen LogP contribution in [0, 0.1) is 0 Å². The van der Waals surface area contributed by atoms with Crippen LogP contribution in [0.1, 0.15) is 10.4 Å². The lowest BCUT2D eigenvalue weighted by Crippen LogP contribution is -2.12. The van der Waals surface area contributed by atoms with Crippen molar-refractivity contribution in [2.24, 2.45) is 0 Å². The van der Waals surface area contributed by atoms with Crippen LogP contribution in [0.3, 0.4) is 0 Å². The minimum atomic E-state index is -4.69. The molecular weight excluding hydrogens is 330 g/mol. The Labute approximate surface area is 131 Å². The highest BCUT2D eigenvalue weighted by molar-refractivity contribution is 7.91. The standard InChI is InChI=1S/C15H12F2O5S/c1-21-11-4-6-12(7-5-11)22-14(18)10-2-8-13(9-3-10)23(19,20)15(16)17/h2-9,15H,1H3. The fourth-order valence-corrected chi connectivity index (χ4v) is 2.41. The van der Waals surface area contributed by atoms with E-state index in [1.807, 2.05) is 0 Å². The van der Waals surface area contributed by atoms with E-state index in [1.165, 1.54) is 19.2 Å². The zero-order valence-electron chi connectivity index (χ0n) is 11.9. The van der Waals surface area contributed by atoms with E-state index < -0.39 is 26.5 Å². The van der Waals surface area contributed by atoms with Crippen LogP contribution in [0.15, 0.2) is 53.4 Å². The summed E-state index contributed by atoms with van der Waals surface area (Å²) < 4.78 is 57.5. The molecule has 0 spiro atoms. The van der Waals surface area contributed by atoms with Crippen molar-refractivity contribution in [3.63, 3.8) is 0 Å². The summed E-state index contributed by atoms with van der Waals surface area (Å²) in [4.78, 5) is 11.4. The Hall–Kier alpha value is -2.48. The molecule has 2 rings (SSSR count). The van der Waals surface area contributed by atoms with Gasteiger partial charge in [0.05, 0.1) is 17.6 Å². The molecule has 2 aromatic carbocycles. The van der Waals surface area contributed by atoms with Crippen molar-refractivity contribution < 1.29 is 31.5 Å². The summed E-state index contributed by atoms with van der Waals surface area (Å²) in [5, 5.41) is 0. The molecule has 0 N–H and O–H groups in total. The summed E-state index contributed by atoms with van der Waals surface area (Å²) in [6.45, 7) is 0. The maximum atomic E-state index is 12.4. The van der Waals surface area contributed by atoms with Gasteiger partial charge in [-0.1, -0.05) is 0 Å². The Morgan fingerprint density at radius 3 is 1.96 bits per heavy atom. The number of sulfone groups is 1. The Morgan fingerprint density at radius 2 is 1.48 bits per heavy atom. The Balaban J connectivity index is 2.14. The van der Waals surface area contributed by atoms with Gasteiger partial charge in [-0.15, -0.1) is 0 Å². The molecule has 0 aliphatic rings. The zero-order chi connectivity index (χ0) is 17.0. The van der Waals surface area contributed by atoms with Gasteiger partial charge < -0.3 is 9.47 Å². The van der Waals surface area contributed by atoms with Crippen molar-refractivity contribution in [1.82, 2.24) is 0 Å². The van der Waals surface area contributed by atoms with E-state index in [9.17, 15) is 22.0 Å². The molecule has 0 amide bonds. The molecule has 2 aromatic rings. The van der Waals surface area contributed by atoms with Crippen LogP contribution in [-0.2, 0) is 9.84 Å². The third kappa shape index (κ3) is 3.84. The number of rotatable bonds is 5. The van der Waals surface area contributed by atoms with Crippen LogP contribution in [0.25, 0.3) is 0 Å². The molecule has 0 bridgehead atoms. The van der Waals surface area contributed by atoms with Gasteiger partial charge in [-0.25, -0.2) is 13.2 Å². The van der Waals surface area contributed by atoms with E-state index >= 15 is 0 Å². The number of carbonyl (C=O) groups is 1. The Bertz CT molecular complexity index is 784. The maximum absolute atomic E-state index is 12.4. The van der Waals surface area contributed by atoms with Crippen LogP contribution in [0.5, 0.6) is 11.5 Å². The molecule has 0 saturated carbocycles. The number of alkyl halides is 2. The second-order valence-electron chi connectivity index (χ2n) is 4.40. The molecule has 0 fully saturated rings. The van der Waals surface area contributed by atoms with E-state index in [-0.39, 0.29) is 11.3 Å². The number of hydrogen-bond donors (Lipinski definition) is 0. The van der Waals surface area contributed by atoms with Gasteiger partial charge in [0.15, 0.2) is 0 Å². The lowest BCUT2D eigenvalue weighted by molar-refractivity contribution is 0.0734. The van der Waals surface area contributed by atoms with Gasteiger partial charge in [0, 0.05) is 0 Å². The highest BCUT2D eigenvalue weighted by Gasteiger charge is 2.26. The Morgan fingerprint density at radius 1 is 0.957 bits per heavy atom. The third-order valence-electron chi connectivity index (χ3n) is 2.92. The van der Waals surface area contributed by atoms with Crippen LogP contribution in [0.4, 0.5) is 8.78 Å². The topological polar surface area (TPSA) is 69.7 Å². The molecule has 8 heteroatoms. The summed E-state index contributed by atoms with van der Waals surface area (Å²) in [6, 6.07) is 10.3. The van der Waals surface area contributed by atoms with Crippen LogP contribution >= 0.6 is 0 Å². The second-order valence-corrected chi connectivity index (χ2v) is 6.31.